The summed E-state index contributed by atoms with van der Waals surface area (Å²) in [6.45, 7) is 9.87. The van der Waals surface area contributed by atoms with Crippen molar-refractivity contribution in [1.82, 2.24) is 10.6 Å². The molecule has 220 valence electrons. The zero-order valence-electron chi connectivity index (χ0n) is 23.8. The van der Waals surface area contributed by atoms with E-state index in [1.165, 1.54) is 5.56 Å². The number of rotatable bonds is 13. The molecule has 0 saturated carbocycles. The fraction of sp³-hybridized carbons (Fsp3) is 0.353. The quantitative estimate of drug-likeness (QED) is 0.146. The zero-order chi connectivity index (χ0) is 29.9. The molecule has 0 spiro atoms. The molecule has 4 rings (SSSR count). The van der Waals surface area contributed by atoms with Crippen LogP contribution in [-0.2, 0) is 11.2 Å². The molecule has 2 aromatic carbocycles. The van der Waals surface area contributed by atoms with Crippen LogP contribution < -0.4 is 16.4 Å². The number of allylic oxidation sites excluding steroid dienone is 3. The summed E-state index contributed by atoms with van der Waals surface area (Å²) >= 11 is 3.48. The number of nitrogens with zero attached hydrogens (tertiary/aromatic N) is 1. The number of amides is 1. The number of ether oxygens (including phenoxy) is 1. The molecule has 0 aromatic heterocycles. The lowest BCUT2D eigenvalue weighted by Gasteiger charge is -2.25. The van der Waals surface area contributed by atoms with Crippen molar-refractivity contribution in [2.24, 2.45) is 16.6 Å². The number of benzene rings is 2. The molecule has 1 aliphatic heterocycles. The number of hydrogen-bond acceptors (Lipinski definition) is 6. The van der Waals surface area contributed by atoms with Gasteiger partial charge in [-0.05, 0) is 68.3 Å². The van der Waals surface area contributed by atoms with Crippen molar-refractivity contribution in [2.75, 3.05) is 19.6 Å². The van der Waals surface area contributed by atoms with Gasteiger partial charge in [-0.1, -0.05) is 64.7 Å². The largest absolute Gasteiger partial charge is 0.390 e. The lowest BCUT2D eigenvalue weighted by Crippen LogP contribution is -2.34. The van der Waals surface area contributed by atoms with Gasteiger partial charge < -0.3 is 26.2 Å². The Labute approximate surface area is 257 Å². The van der Waals surface area contributed by atoms with Crippen molar-refractivity contribution >= 4 is 28.6 Å². The van der Waals surface area contributed by atoms with Gasteiger partial charge in [0.25, 0.3) is 0 Å². The number of carbonyl (C=O) groups is 1. The standard InChI is InChI=1S/C34H39BrN4O3/c1-23(39-19-17-24-11-14-28(35)15-12-24)30-10-4-8-26(33(30)37-2)13-16-29-21-31(40)32(42-29)22-38-18-5-7-25-6-3-9-27(20-25)34(36)41/h3-4,6,9-12,14-15,20,26,29,31-32,38-40H,1-2,8,13,16-19,21-22H2,(H2,36,41)/t26?,29-,31-,32+/m0/s1. The summed E-state index contributed by atoms with van der Waals surface area (Å²) in [7, 11) is 0. The molecule has 1 saturated heterocycles. The Bertz CT molecular complexity index is 1390. The van der Waals surface area contributed by atoms with E-state index < -0.39 is 12.0 Å². The van der Waals surface area contributed by atoms with Gasteiger partial charge >= 0.3 is 0 Å². The molecule has 1 unspecified atom stereocenters. The summed E-state index contributed by atoms with van der Waals surface area (Å²) in [5, 5.41) is 17.3. The van der Waals surface area contributed by atoms with Crippen molar-refractivity contribution in [1.29, 1.82) is 0 Å². The molecule has 1 amide bonds. The van der Waals surface area contributed by atoms with Crippen LogP contribution in [0, 0.1) is 17.8 Å². The molecule has 1 fully saturated rings. The van der Waals surface area contributed by atoms with Gasteiger partial charge in [-0.2, -0.15) is 0 Å². The molecule has 7 nitrogen and oxygen atoms in total. The molecule has 0 radical (unpaired) electrons. The SMILES string of the molecule is C=NC1=C(C(=C)NCCc2ccc(Br)cc2)C=CCC1CC[C@H]1C[C@H](O)[C@@H](CNCC#Cc2cccc(C(N)=O)c2)O1. The number of aliphatic imine (C=N–C) groups is 1. The molecule has 42 heavy (non-hydrogen) atoms. The van der Waals surface area contributed by atoms with Crippen LogP contribution in [0.4, 0.5) is 0 Å². The molecule has 0 bridgehead atoms. The van der Waals surface area contributed by atoms with Crippen molar-refractivity contribution in [3.8, 4) is 11.8 Å². The van der Waals surface area contributed by atoms with Gasteiger partial charge in [-0.15, -0.1) is 0 Å². The molecular weight excluding hydrogens is 592 g/mol. The first-order chi connectivity index (χ1) is 20.3. The van der Waals surface area contributed by atoms with Crippen LogP contribution in [0.5, 0.6) is 0 Å². The Morgan fingerprint density at radius 3 is 2.79 bits per heavy atom. The lowest BCUT2D eigenvalue weighted by molar-refractivity contribution is 0.00764. The highest BCUT2D eigenvalue weighted by Gasteiger charge is 2.34. The van der Waals surface area contributed by atoms with Crippen molar-refractivity contribution in [3.05, 3.63) is 105 Å². The lowest BCUT2D eigenvalue weighted by atomic mass is 9.86. The Morgan fingerprint density at radius 2 is 2.02 bits per heavy atom. The van der Waals surface area contributed by atoms with E-state index in [1.54, 1.807) is 18.2 Å². The molecule has 5 N–H and O–H groups in total. The van der Waals surface area contributed by atoms with E-state index in [9.17, 15) is 9.90 Å². The third-order valence-corrected chi connectivity index (χ3v) is 8.13. The minimum absolute atomic E-state index is 0.0120. The maximum absolute atomic E-state index is 11.3. The smallest absolute Gasteiger partial charge is 0.248 e. The van der Waals surface area contributed by atoms with E-state index in [0.717, 1.165) is 59.2 Å². The van der Waals surface area contributed by atoms with Crippen LogP contribution in [-0.4, -0.2) is 55.7 Å². The predicted octanol–water partition coefficient (Wildman–Crippen LogP) is 4.66. The number of nitrogens with two attached hydrogens (primary N) is 1. The molecular formula is C34H39BrN4O3. The Hall–Kier alpha value is -3.48. The Kier molecular flexibility index (Phi) is 11.7. The first-order valence-corrected chi connectivity index (χ1v) is 15.1. The summed E-state index contributed by atoms with van der Waals surface area (Å²) in [6.07, 6.45) is 7.58. The van der Waals surface area contributed by atoms with Gasteiger partial charge in [0.1, 0.15) is 0 Å². The topological polar surface area (TPSA) is 109 Å². The van der Waals surface area contributed by atoms with Crippen LogP contribution in [0.25, 0.3) is 0 Å². The highest BCUT2D eigenvalue weighted by Crippen LogP contribution is 2.34. The predicted molar refractivity (Wildman–Crippen MR) is 172 cm³/mol. The van der Waals surface area contributed by atoms with Gasteiger partial charge in [0.2, 0.25) is 5.91 Å². The first-order valence-electron chi connectivity index (χ1n) is 14.3. The molecule has 8 heteroatoms. The Balaban J connectivity index is 1.21. The van der Waals surface area contributed by atoms with Crippen molar-refractivity contribution < 1.29 is 14.6 Å². The molecule has 4 atom stereocenters. The summed E-state index contributed by atoms with van der Waals surface area (Å²) in [6, 6.07) is 15.3. The second-order valence-corrected chi connectivity index (χ2v) is 11.5. The second-order valence-electron chi connectivity index (χ2n) is 10.6. The number of aliphatic hydroxyl groups excluding tert-OH is 1. The molecule has 2 aliphatic rings. The third kappa shape index (κ3) is 9.01. The van der Waals surface area contributed by atoms with Crippen molar-refractivity contribution in [2.45, 2.75) is 50.4 Å². The fourth-order valence-corrected chi connectivity index (χ4v) is 5.60. The van der Waals surface area contributed by atoms with Crippen LogP contribution in [0.3, 0.4) is 0 Å². The van der Waals surface area contributed by atoms with Gasteiger partial charge in [-0.25, -0.2) is 0 Å². The van der Waals surface area contributed by atoms with Crippen LogP contribution in [0.15, 0.2) is 93.7 Å². The fourth-order valence-electron chi connectivity index (χ4n) is 5.34. The average molecular weight is 632 g/mol. The number of primary amides is 1. The van der Waals surface area contributed by atoms with E-state index >= 15 is 0 Å². The number of aliphatic hydroxyl groups is 1. The second kappa shape index (κ2) is 15.7. The number of nitrogens with one attached hydrogen (secondary N) is 2. The van der Waals surface area contributed by atoms with Crippen LogP contribution in [0.1, 0.15) is 47.2 Å². The first kappa shape index (κ1) is 31.5. The number of halogens is 1. The summed E-state index contributed by atoms with van der Waals surface area (Å²) in [5.74, 6) is 5.82. The van der Waals surface area contributed by atoms with Crippen LogP contribution in [0.2, 0.25) is 0 Å². The molecule has 2 aromatic rings. The molecule has 1 heterocycles. The number of carbonyl (C=O) groups excluding carboxylic acids is 1. The van der Waals surface area contributed by atoms with Crippen LogP contribution >= 0.6 is 15.9 Å². The number of hydrogen-bond donors (Lipinski definition) is 4. The highest BCUT2D eigenvalue weighted by molar-refractivity contribution is 9.10. The molecule has 1 aliphatic carbocycles. The average Bonchev–Trinajstić information content (AvgIpc) is 3.35. The maximum atomic E-state index is 11.3. The van der Waals surface area contributed by atoms with Gasteiger partial charge in [0, 0.05) is 52.3 Å². The monoisotopic (exact) mass is 630 g/mol. The maximum Gasteiger partial charge on any atom is 0.248 e. The summed E-state index contributed by atoms with van der Waals surface area (Å²) in [5.41, 5.74) is 10.6. The third-order valence-electron chi connectivity index (χ3n) is 7.61. The van der Waals surface area contributed by atoms with E-state index in [1.807, 2.05) is 6.07 Å². The van der Waals surface area contributed by atoms with Gasteiger partial charge in [0.05, 0.1) is 30.6 Å². The van der Waals surface area contributed by atoms with E-state index in [2.05, 4.69) is 93.1 Å². The van der Waals surface area contributed by atoms with E-state index in [4.69, 9.17) is 10.5 Å². The van der Waals surface area contributed by atoms with E-state index in [0.29, 0.717) is 25.1 Å². The van der Waals surface area contributed by atoms with E-state index in [-0.39, 0.29) is 18.1 Å². The zero-order valence-corrected chi connectivity index (χ0v) is 25.4. The normalized spacial score (nSPS) is 21.5. The highest BCUT2D eigenvalue weighted by atomic mass is 79.9. The van der Waals surface area contributed by atoms with Gasteiger partial charge in [0.15, 0.2) is 0 Å². The summed E-state index contributed by atoms with van der Waals surface area (Å²) < 4.78 is 7.27. The van der Waals surface area contributed by atoms with Crippen molar-refractivity contribution in [3.63, 3.8) is 0 Å². The van der Waals surface area contributed by atoms with Gasteiger partial charge in [-0.3, -0.25) is 9.79 Å². The Morgan fingerprint density at radius 1 is 1.21 bits per heavy atom. The minimum atomic E-state index is -0.522. The summed E-state index contributed by atoms with van der Waals surface area (Å²) in [4.78, 5) is 15.7. The minimum Gasteiger partial charge on any atom is -0.390 e.